The molecule has 1 amide bonds. The molecule has 13 heteroatoms. The van der Waals surface area contributed by atoms with E-state index in [4.69, 9.17) is 5.41 Å². The molecule has 2 heterocycles. The molecular formula is C29H26F3N7O2S. The van der Waals surface area contributed by atoms with Crippen LogP contribution in [0, 0.1) is 5.41 Å². The van der Waals surface area contributed by atoms with E-state index in [0.717, 1.165) is 39.8 Å². The smallest absolute Gasteiger partial charge is 0.406 e. The molecular weight excluding hydrogens is 567 g/mol. The fraction of sp³-hybridized carbons (Fsp3) is 0.207. The van der Waals surface area contributed by atoms with Gasteiger partial charge in [0.1, 0.15) is 11.6 Å². The van der Waals surface area contributed by atoms with Crippen molar-refractivity contribution in [1.82, 2.24) is 9.78 Å². The van der Waals surface area contributed by atoms with Gasteiger partial charge in [-0.25, -0.2) is 0 Å². The van der Waals surface area contributed by atoms with E-state index in [1.54, 1.807) is 22.8 Å². The molecule has 1 saturated heterocycles. The topological polar surface area (TPSA) is 108 Å². The minimum atomic E-state index is -4.79. The fourth-order valence-corrected chi connectivity index (χ4v) is 5.27. The van der Waals surface area contributed by atoms with Crippen molar-refractivity contribution in [3.8, 4) is 5.75 Å². The number of amidine groups is 2. The SMILES string of the molecule is CC(C)c1ccccc1N1C(=O)CS/C1=N\N=C\c1ccc2c(NC(=N)c3ccc(OC(F)(F)F)cc3)nn(C)c2c1. The third-order valence-corrected chi connectivity index (χ3v) is 7.32. The minimum Gasteiger partial charge on any atom is -0.406 e. The first-order chi connectivity index (χ1) is 20.0. The molecule has 0 atom stereocenters. The van der Waals surface area contributed by atoms with Gasteiger partial charge in [-0.2, -0.15) is 10.2 Å². The lowest BCUT2D eigenvalue weighted by Gasteiger charge is -2.20. The Labute approximate surface area is 243 Å². The molecule has 0 aliphatic carbocycles. The summed E-state index contributed by atoms with van der Waals surface area (Å²) < 4.78 is 42.8. The predicted molar refractivity (Wildman–Crippen MR) is 160 cm³/mol. The van der Waals surface area contributed by atoms with Crippen LogP contribution in [0.2, 0.25) is 0 Å². The van der Waals surface area contributed by atoms with Gasteiger partial charge < -0.3 is 10.1 Å². The van der Waals surface area contributed by atoms with Crippen molar-refractivity contribution in [1.29, 1.82) is 5.41 Å². The first-order valence-electron chi connectivity index (χ1n) is 12.8. The number of ether oxygens (including phenoxy) is 1. The highest BCUT2D eigenvalue weighted by atomic mass is 32.2. The van der Waals surface area contributed by atoms with Crippen LogP contribution in [0.4, 0.5) is 24.7 Å². The summed E-state index contributed by atoms with van der Waals surface area (Å²) in [7, 11) is 1.76. The molecule has 0 bridgehead atoms. The van der Waals surface area contributed by atoms with Gasteiger partial charge in [0, 0.05) is 18.0 Å². The number of alkyl halides is 3. The number of rotatable bonds is 7. The van der Waals surface area contributed by atoms with Crippen LogP contribution in [0.5, 0.6) is 5.75 Å². The summed E-state index contributed by atoms with van der Waals surface area (Å²) in [6, 6.07) is 18.3. The van der Waals surface area contributed by atoms with Crippen molar-refractivity contribution in [2.75, 3.05) is 16.0 Å². The molecule has 216 valence electrons. The molecule has 42 heavy (non-hydrogen) atoms. The molecule has 4 aromatic rings. The van der Waals surface area contributed by atoms with Crippen molar-refractivity contribution in [3.05, 3.63) is 83.4 Å². The summed E-state index contributed by atoms with van der Waals surface area (Å²) in [5.74, 6) is 0.483. The van der Waals surface area contributed by atoms with E-state index in [-0.39, 0.29) is 29.2 Å². The van der Waals surface area contributed by atoms with E-state index in [9.17, 15) is 18.0 Å². The minimum absolute atomic E-state index is 0.0396. The Morgan fingerprint density at radius 2 is 1.88 bits per heavy atom. The summed E-state index contributed by atoms with van der Waals surface area (Å²) in [5, 5.41) is 25.6. The number of benzene rings is 3. The summed E-state index contributed by atoms with van der Waals surface area (Å²) >= 11 is 1.34. The maximum Gasteiger partial charge on any atom is 0.573 e. The lowest BCUT2D eigenvalue weighted by atomic mass is 10.0. The second-order valence-electron chi connectivity index (χ2n) is 9.68. The maximum atomic E-state index is 12.7. The number of fused-ring (bicyclic) bond motifs is 1. The zero-order valence-corrected chi connectivity index (χ0v) is 23.6. The van der Waals surface area contributed by atoms with Gasteiger partial charge in [-0.1, -0.05) is 49.9 Å². The van der Waals surface area contributed by atoms with E-state index in [0.29, 0.717) is 16.5 Å². The summed E-state index contributed by atoms with van der Waals surface area (Å²) in [5.41, 5.74) is 3.73. The molecule has 0 saturated carbocycles. The van der Waals surface area contributed by atoms with Crippen LogP contribution in [-0.4, -0.2) is 45.0 Å². The number of carbonyl (C=O) groups is 1. The van der Waals surface area contributed by atoms with Crippen LogP contribution in [0.15, 0.2) is 76.9 Å². The molecule has 2 N–H and O–H groups in total. The number of thioether (sulfide) groups is 1. The molecule has 0 unspecified atom stereocenters. The first kappa shape index (κ1) is 28.9. The Morgan fingerprint density at radius 3 is 2.60 bits per heavy atom. The quantitative estimate of drug-likeness (QED) is 0.144. The molecule has 9 nitrogen and oxygen atoms in total. The van der Waals surface area contributed by atoms with Crippen molar-refractivity contribution in [3.63, 3.8) is 0 Å². The number of nitrogens with zero attached hydrogens (tertiary/aromatic N) is 5. The van der Waals surface area contributed by atoms with Crippen molar-refractivity contribution in [2.24, 2.45) is 17.3 Å². The third kappa shape index (κ3) is 6.30. The molecule has 1 aromatic heterocycles. The van der Waals surface area contributed by atoms with Crippen molar-refractivity contribution >= 4 is 57.3 Å². The van der Waals surface area contributed by atoms with Gasteiger partial charge >= 0.3 is 6.36 Å². The van der Waals surface area contributed by atoms with Crippen LogP contribution in [0.3, 0.4) is 0 Å². The summed E-state index contributed by atoms with van der Waals surface area (Å²) in [6.07, 6.45) is -3.19. The van der Waals surface area contributed by atoms with Gasteiger partial charge in [0.25, 0.3) is 0 Å². The van der Waals surface area contributed by atoms with E-state index < -0.39 is 6.36 Å². The molecule has 0 spiro atoms. The fourth-order valence-electron chi connectivity index (χ4n) is 4.46. The normalized spacial score (nSPS) is 15.0. The van der Waals surface area contributed by atoms with Gasteiger partial charge in [-0.15, -0.1) is 18.3 Å². The monoisotopic (exact) mass is 593 g/mol. The predicted octanol–water partition coefficient (Wildman–Crippen LogP) is 6.50. The average molecular weight is 594 g/mol. The number of carbonyl (C=O) groups excluding carboxylic acids is 1. The number of anilines is 2. The lowest BCUT2D eigenvalue weighted by molar-refractivity contribution is -0.274. The number of para-hydroxylation sites is 1. The molecule has 1 fully saturated rings. The largest absolute Gasteiger partial charge is 0.573 e. The standard InChI is InChI=1S/C29H26F3N7O2S/c1-17(2)21-6-4-5-7-23(21)39-25(40)16-42-28(39)36-34-15-18-8-13-22-24(14-18)38(3)37-27(22)35-26(33)19-9-11-20(12-10-19)41-29(30,31)32/h4-15,17H,16H2,1-3H3,(H2,33,35,37)/b34-15+,36-28-. The zero-order valence-electron chi connectivity index (χ0n) is 22.8. The highest BCUT2D eigenvalue weighted by molar-refractivity contribution is 8.15. The molecule has 1 aliphatic heterocycles. The van der Waals surface area contributed by atoms with Crippen LogP contribution in [0.1, 0.15) is 36.5 Å². The van der Waals surface area contributed by atoms with Gasteiger partial charge in [0.05, 0.1) is 23.2 Å². The van der Waals surface area contributed by atoms with Gasteiger partial charge in [0.15, 0.2) is 11.0 Å². The molecule has 3 aromatic carbocycles. The number of aromatic nitrogens is 2. The second-order valence-corrected chi connectivity index (χ2v) is 10.6. The first-order valence-corrected chi connectivity index (χ1v) is 13.8. The Morgan fingerprint density at radius 1 is 1.14 bits per heavy atom. The van der Waals surface area contributed by atoms with E-state index >= 15 is 0 Å². The number of halogens is 3. The highest BCUT2D eigenvalue weighted by Gasteiger charge is 2.32. The van der Waals surface area contributed by atoms with Crippen LogP contribution in [-0.2, 0) is 11.8 Å². The van der Waals surface area contributed by atoms with Gasteiger partial charge in [-0.3, -0.25) is 19.8 Å². The van der Waals surface area contributed by atoms with E-state index in [1.807, 2.05) is 42.5 Å². The van der Waals surface area contributed by atoms with Crippen molar-refractivity contribution < 1.29 is 22.7 Å². The van der Waals surface area contributed by atoms with Crippen LogP contribution >= 0.6 is 11.8 Å². The number of nitrogens with one attached hydrogen (secondary N) is 2. The van der Waals surface area contributed by atoms with E-state index in [2.05, 4.69) is 39.2 Å². The number of hydrogen-bond donors (Lipinski definition) is 2. The molecule has 0 radical (unpaired) electrons. The number of amides is 1. The summed E-state index contributed by atoms with van der Waals surface area (Å²) in [4.78, 5) is 14.3. The van der Waals surface area contributed by atoms with E-state index in [1.165, 1.54) is 23.9 Å². The van der Waals surface area contributed by atoms with Crippen molar-refractivity contribution in [2.45, 2.75) is 26.1 Å². The van der Waals surface area contributed by atoms with Gasteiger partial charge in [-0.05, 0) is 59.5 Å². The van der Waals surface area contributed by atoms with Crippen LogP contribution < -0.4 is 15.0 Å². The highest BCUT2D eigenvalue weighted by Crippen LogP contribution is 2.33. The molecule has 5 rings (SSSR count). The van der Waals surface area contributed by atoms with Gasteiger partial charge in [0.2, 0.25) is 5.91 Å². The number of aryl methyl sites for hydroxylation is 1. The maximum absolute atomic E-state index is 12.7. The summed E-state index contributed by atoms with van der Waals surface area (Å²) in [6.45, 7) is 4.16. The number of hydrogen-bond acceptors (Lipinski definition) is 7. The Balaban J connectivity index is 1.32. The average Bonchev–Trinajstić information content (AvgIpc) is 3.46. The lowest BCUT2D eigenvalue weighted by Crippen LogP contribution is -2.30. The Hall–Kier alpha value is -4.65. The Kier molecular flexibility index (Phi) is 8.03. The zero-order chi connectivity index (χ0) is 30.0. The second kappa shape index (κ2) is 11.7. The molecule has 1 aliphatic rings. The van der Waals surface area contributed by atoms with Crippen LogP contribution in [0.25, 0.3) is 10.9 Å². The third-order valence-electron chi connectivity index (χ3n) is 6.41. The Bertz CT molecular complexity index is 1710.